The molecule has 53 heavy (non-hydrogen) atoms. The summed E-state index contributed by atoms with van der Waals surface area (Å²) in [6.45, 7) is 4.46. The largest absolute Gasteiger partial charge is 2.00 e. The normalized spacial score (nSPS) is 11.2. The molecule has 4 aromatic rings. The van der Waals surface area contributed by atoms with Crippen LogP contribution in [0.2, 0.25) is 0 Å². The molecule has 4 rings (SSSR count). The molecular formula is C42H54CaO8S2. The third kappa shape index (κ3) is 19.6. The molecule has 0 aliphatic carbocycles. The summed E-state index contributed by atoms with van der Waals surface area (Å²) >= 11 is 0. The van der Waals surface area contributed by atoms with Gasteiger partial charge in [0, 0.05) is 0 Å². The maximum Gasteiger partial charge on any atom is 2.00 e. The number of unbranched alkanes of at least 4 members (excludes halogenated alkanes) is 12. The Morgan fingerprint density at radius 3 is 1.08 bits per heavy atom. The first kappa shape index (κ1) is 46.7. The molecule has 0 saturated carbocycles. The smallest absolute Gasteiger partial charge is 0.744 e. The SMILES string of the molecule is CCCCCCCCCc1cccc(Oc2ccc(S(=O)(=O)[O-])cc2)c1.CCCCCCCCCc1cccc(Oc2ccc(S(=O)(=O)[O-])cc2)c1.[Ca+2]. The molecule has 0 fully saturated rings. The van der Waals surface area contributed by atoms with Gasteiger partial charge in [0.15, 0.2) is 0 Å². The van der Waals surface area contributed by atoms with Gasteiger partial charge in [-0.1, -0.05) is 115 Å². The quantitative estimate of drug-likeness (QED) is 0.0436. The van der Waals surface area contributed by atoms with Gasteiger partial charge in [-0.3, -0.25) is 0 Å². The van der Waals surface area contributed by atoms with Gasteiger partial charge in [-0.2, -0.15) is 0 Å². The van der Waals surface area contributed by atoms with Crippen LogP contribution in [-0.2, 0) is 33.1 Å². The molecule has 0 bridgehead atoms. The first-order valence-corrected chi connectivity index (χ1v) is 21.4. The van der Waals surface area contributed by atoms with Gasteiger partial charge < -0.3 is 18.6 Å². The van der Waals surface area contributed by atoms with Crippen LogP contribution in [0.25, 0.3) is 0 Å². The van der Waals surface area contributed by atoms with Crippen LogP contribution in [0, 0.1) is 0 Å². The first-order chi connectivity index (χ1) is 25.0. The van der Waals surface area contributed by atoms with Gasteiger partial charge in [0.2, 0.25) is 0 Å². The molecule has 0 amide bonds. The molecule has 0 unspecified atom stereocenters. The molecule has 4 aromatic carbocycles. The van der Waals surface area contributed by atoms with E-state index in [9.17, 15) is 25.9 Å². The molecule has 0 heterocycles. The van der Waals surface area contributed by atoms with Gasteiger partial charge in [-0.25, -0.2) is 16.8 Å². The third-order valence-electron chi connectivity index (χ3n) is 8.63. The predicted octanol–water partition coefficient (Wildman–Crippen LogP) is 11.0. The van der Waals surface area contributed by atoms with Crippen molar-refractivity contribution >= 4 is 58.0 Å². The average Bonchev–Trinajstić information content (AvgIpc) is 3.11. The zero-order valence-corrected chi connectivity index (χ0v) is 35.2. The molecule has 0 aliphatic rings. The maximum atomic E-state index is 10.9. The van der Waals surface area contributed by atoms with Crippen molar-refractivity contribution < 1.29 is 35.4 Å². The van der Waals surface area contributed by atoms with E-state index >= 15 is 0 Å². The third-order valence-corrected chi connectivity index (χ3v) is 10.3. The molecule has 0 saturated heterocycles. The standard InChI is InChI=1S/2C21H28O4S.Ca/c2*1-2-3-4-5-6-7-8-10-18-11-9-12-20(17-18)25-19-13-15-21(16-14-19)26(22,23)24;/h2*9,11-17H,2-8,10H2,1H3,(H,22,23,24);/q;;+2/p-2. The minimum atomic E-state index is -4.43. The number of benzene rings is 4. The number of hydrogen-bond donors (Lipinski definition) is 0. The van der Waals surface area contributed by atoms with E-state index in [0.29, 0.717) is 23.0 Å². The van der Waals surface area contributed by atoms with Gasteiger partial charge in [0.05, 0.1) is 9.79 Å². The zero-order chi connectivity index (χ0) is 37.7. The second-order valence-corrected chi connectivity index (χ2v) is 15.9. The number of aryl methyl sites for hydroxylation is 2. The van der Waals surface area contributed by atoms with Crippen LogP contribution in [-0.4, -0.2) is 63.7 Å². The van der Waals surface area contributed by atoms with Crippen molar-refractivity contribution in [3.05, 3.63) is 108 Å². The first-order valence-electron chi connectivity index (χ1n) is 18.6. The summed E-state index contributed by atoms with van der Waals surface area (Å²) in [5, 5.41) is 0. The Morgan fingerprint density at radius 1 is 0.434 bits per heavy atom. The van der Waals surface area contributed by atoms with Crippen molar-refractivity contribution in [3.63, 3.8) is 0 Å². The van der Waals surface area contributed by atoms with Crippen LogP contribution >= 0.6 is 0 Å². The second-order valence-electron chi connectivity index (χ2n) is 13.1. The molecule has 0 atom stereocenters. The van der Waals surface area contributed by atoms with E-state index in [1.807, 2.05) is 36.4 Å². The summed E-state index contributed by atoms with van der Waals surface area (Å²) in [5.74, 6) is 2.43. The summed E-state index contributed by atoms with van der Waals surface area (Å²) in [6.07, 6.45) is 20.0. The number of hydrogen-bond acceptors (Lipinski definition) is 8. The Balaban J connectivity index is 0.000000360. The van der Waals surface area contributed by atoms with E-state index < -0.39 is 20.2 Å². The van der Waals surface area contributed by atoms with E-state index in [-0.39, 0.29) is 47.5 Å². The number of rotatable bonds is 22. The fourth-order valence-electron chi connectivity index (χ4n) is 5.72. The van der Waals surface area contributed by atoms with Gasteiger partial charge >= 0.3 is 37.7 Å². The zero-order valence-electron chi connectivity index (χ0n) is 31.3. The fraction of sp³-hybridized carbons (Fsp3) is 0.429. The van der Waals surface area contributed by atoms with Gasteiger partial charge in [-0.05, 0) is 110 Å². The van der Waals surface area contributed by atoms with Crippen molar-refractivity contribution in [1.82, 2.24) is 0 Å². The summed E-state index contributed by atoms with van der Waals surface area (Å²) in [6, 6.07) is 26.9. The summed E-state index contributed by atoms with van der Waals surface area (Å²) in [5.41, 5.74) is 2.46. The van der Waals surface area contributed by atoms with Crippen molar-refractivity contribution in [1.29, 1.82) is 0 Å². The molecule has 0 aromatic heterocycles. The van der Waals surface area contributed by atoms with Crippen LogP contribution in [0.3, 0.4) is 0 Å². The van der Waals surface area contributed by atoms with Crippen LogP contribution < -0.4 is 9.47 Å². The van der Waals surface area contributed by atoms with Gasteiger partial charge in [0.1, 0.15) is 43.2 Å². The predicted molar refractivity (Wildman–Crippen MR) is 211 cm³/mol. The fourth-order valence-corrected chi connectivity index (χ4v) is 6.66. The molecule has 0 radical (unpaired) electrons. The molecule has 0 N–H and O–H groups in total. The van der Waals surface area contributed by atoms with Crippen LogP contribution in [0.5, 0.6) is 23.0 Å². The van der Waals surface area contributed by atoms with Crippen molar-refractivity contribution in [2.45, 2.75) is 126 Å². The summed E-state index contributed by atoms with van der Waals surface area (Å²) < 4.78 is 77.2. The maximum absolute atomic E-state index is 10.9. The van der Waals surface area contributed by atoms with Crippen LogP contribution in [0.4, 0.5) is 0 Å². The van der Waals surface area contributed by atoms with Crippen molar-refractivity contribution in [2.24, 2.45) is 0 Å². The van der Waals surface area contributed by atoms with E-state index in [4.69, 9.17) is 9.47 Å². The molecule has 8 nitrogen and oxygen atoms in total. The van der Waals surface area contributed by atoms with Gasteiger partial charge in [0.25, 0.3) is 0 Å². The topological polar surface area (TPSA) is 133 Å². The summed E-state index contributed by atoms with van der Waals surface area (Å²) in [7, 11) is -8.85. The monoisotopic (exact) mass is 790 g/mol. The van der Waals surface area contributed by atoms with Crippen molar-refractivity contribution in [2.75, 3.05) is 0 Å². The Kier molecular flexibility index (Phi) is 22.6. The van der Waals surface area contributed by atoms with E-state index in [0.717, 1.165) is 12.8 Å². The molecule has 11 heteroatoms. The molecule has 0 spiro atoms. The summed E-state index contributed by atoms with van der Waals surface area (Å²) in [4.78, 5) is -0.505. The Hall–Kier alpha value is -2.44. The molecule has 284 valence electrons. The van der Waals surface area contributed by atoms with E-state index in [1.54, 1.807) is 0 Å². The average molecular weight is 791 g/mol. The minimum Gasteiger partial charge on any atom is -0.744 e. The molecule has 0 aliphatic heterocycles. The number of ether oxygens (including phenoxy) is 2. The van der Waals surface area contributed by atoms with Crippen LogP contribution in [0.1, 0.15) is 115 Å². The Labute approximate surface area is 348 Å². The Bertz CT molecular complexity index is 1680. The van der Waals surface area contributed by atoms with Gasteiger partial charge in [-0.15, -0.1) is 0 Å². The van der Waals surface area contributed by atoms with Crippen LogP contribution in [0.15, 0.2) is 107 Å². The molecular weight excluding hydrogens is 737 g/mol. The second kappa shape index (κ2) is 25.6. The van der Waals surface area contributed by atoms with E-state index in [1.165, 1.54) is 150 Å². The van der Waals surface area contributed by atoms with Crippen molar-refractivity contribution in [3.8, 4) is 23.0 Å². The Morgan fingerprint density at radius 2 is 0.755 bits per heavy atom. The minimum absolute atomic E-state index is 0. The van der Waals surface area contributed by atoms with E-state index in [2.05, 4.69) is 26.0 Å².